The number of nitrogen functional groups attached to an aromatic ring is 1. The third kappa shape index (κ3) is 9.55. The van der Waals surface area contributed by atoms with Crippen molar-refractivity contribution in [3.05, 3.63) is 121 Å². The Bertz CT molecular complexity index is 1590. The molecule has 0 saturated heterocycles. The van der Waals surface area contributed by atoms with Crippen molar-refractivity contribution >= 4 is 36.7 Å². The lowest BCUT2D eigenvalue weighted by Crippen LogP contribution is -2.33. The van der Waals surface area contributed by atoms with E-state index >= 15 is 0 Å². The zero-order chi connectivity index (χ0) is 35.1. The Morgan fingerprint density at radius 2 is 1.00 bits per heavy atom. The maximum absolute atomic E-state index is 13.1. The second-order valence-corrected chi connectivity index (χ2v) is 19.4. The van der Waals surface area contributed by atoms with Gasteiger partial charge >= 0.3 is 7.59 Å². The van der Waals surface area contributed by atoms with E-state index in [9.17, 15) is 4.57 Å². The van der Waals surface area contributed by atoms with E-state index in [2.05, 4.69) is 108 Å². The van der Waals surface area contributed by atoms with Crippen LogP contribution in [0.4, 0.5) is 5.95 Å². The molecule has 49 heavy (non-hydrogen) atoms. The molecule has 0 saturated carbocycles. The van der Waals surface area contributed by atoms with Gasteiger partial charge in [0.25, 0.3) is 0 Å². The van der Waals surface area contributed by atoms with Gasteiger partial charge < -0.3 is 5.73 Å². The summed E-state index contributed by atoms with van der Waals surface area (Å²) in [5, 5.41) is 8.87. The van der Waals surface area contributed by atoms with E-state index in [0.717, 1.165) is 5.56 Å². The van der Waals surface area contributed by atoms with Crippen molar-refractivity contribution < 1.29 is 4.57 Å². The molecule has 4 aromatic carbocycles. The lowest BCUT2D eigenvalue weighted by molar-refractivity contribution is 0.431. The summed E-state index contributed by atoms with van der Waals surface area (Å²) in [6, 6.07) is 43.3. The molecule has 5 aromatic rings. The molecule has 0 fully saturated rings. The van der Waals surface area contributed by atoms with Gasteiger partial charge in [-0.1, -0.05) is 130 Å². The average molecular weight is 698 g/mol. The molecule has 0 amide bonds. The van der Waals surface area contributed by atoms with Crippen LogP contribution in [0, 0.1) is 0 Å². The first-order valence-electron chi connectivity index (χ1n) is 17.5. The number of anilines is 1. The van der Waals surface area contributed by atoms with Crippen molar-refractivity contribution in [1.29, 1.82) is 0 Å². The van der Waals surface area contributed by atoms with Crippen molar-refractivity contribution in [3.63, 3.8) is 0 Å². The molecule has 0 aliphatic heterocycles. The molecule has 5 rings (SSSR count). The third-order valence-electron chi connectivity index (χ3n) is 8.87. The SMILES string of the molecule is CCCCCCCCCC[P+](c1ccccc1)(c1ccccc1)c1ccccc1.CN(C)P(=O)(N(C)C)n1nc(-c2ccccc2)nc1N. The molecule has 2 N–H and O–H groups in total. The smallest absolute Gasteiger partial charge is 0.332 e. The number of aromatic nitrogens is 3. The molecule has 0 unspecified atom stereocenters. The summed E-state index contributed by atoms with van der Waals surface area (Å²) in [6.45, 7) is 2.29. The fourth-order valence-corrected chi connectivity index (χ4v) is 12.6. The van der Waals surface area contributed by atoms with Crippen LogP contribution < -0.4 is 21.6 Å². The van der Waals surface area contributed by atoms with E-state index in [1.54, 1.807) is 37.5 Å². The lowest BCUT2D eigenvalue weighted by Gasteiger charge is -2.29. The second kappa shape index (κ2) is 19.0. The highest BCUT2D eigenvalue weighted by Crippen LogP contribution is 2.56. The number of rotatable bonds is 16. The summed E-state index contributed by atoms with van der Waals surface area (Å²) in [7, 11) is 2.22. The molecule has 0 atom stereocenters. The van der Waals surface area contributed by atoms with Crippen molar-refractivity contribution in [2.24, 2.45) is 0 Å². The van der Waals surface area contributed by atoms with Gasteiger partial charge in [0.1, 0.15) is 23.2 Å². The maximum Gasteiger partial charge on any atom is 0.332 e. The van der Waals surface area contributed by atoms with Crippen LogP contribution in [0.2, 0.25) is 0 Å². The molecule has 1 heterocycles. The normalized spacial score (nSPS) is 11.8. The topological polar surface area (TPSA) is 80.3 Å². The predicted octanol–water partition coefficient (Wildman–Crippen LogP) is 8.73. The van der Waals surface area contributed by atoms with E-state index in [-0.39, 0.29) is 5.95 Å². The first-order chi connectivity index (χ1) is 23.7. The molecule has 0 bridgehead atoms. The van der Waals surface area contributed by atoms with Crippen LogP contribution in [-0.2, 0) is 4.57 Å². The summed E-state index contributed by atoms with van der Waals surface area (Å²) in [4.78, 5) is 4.22. The number of hydrogen-bond acceptors (Lipinski definition) is 4. The Morgan fingerprint density at radius 3 is 1.41 bits per heavy atom. The molecule has 0 radical (unpaired) electrons. The maximum atomic E-state index is 13.1. The van der Waals surface area contributed by atoms with Crippen LogP contribution in [0.25, 0.3) is 11.4 Å². The van der Waals surface area contributed by atoms with Crippen LogP contribution in [-0.4, -0.2) is 58.2 Å². The van der Waals surface area contributed by atoms with Gasteiger partial charge in [0, 0.05) is 5.56 Å². The van der Waals surface area contributed by atoms with Gasteiger partial charge in [0.2, 0.25) is 5.95 Å². The van der Waals surface area contributed by atoms with Gasteiger partial charge in [-0.05, 0) is 77.4 Å². The Balaban J connectivity index is 0.000000237. The molecule has 260 valence electrons. The number of nitrogens with two attached hydrogens (primary N) is 1. The standard InChI is InChI=1S/C28H36P.C12H19N6OP/c1-2-3-4-5-6-7-8-18-25-29(26-19-12-9-13-20-26,27-21-14-10-15-22-27)28-23-16-11-17-24-28;1-16(2)20(19,17(3)4)18-12(13)14-11(15-18)10-8-6-5-7-9-10/h9-17,19-24H,2-8,18,25H2,1H3;5-9H,1-4H3,(H2,13,14,15)/q+1;. The van der Waals surface area contributed by atoms with Gasteiger partial charge in [0.05, 0.1) is 6.16 Å². The summed E-state index contributed by atoms with van der Waals surface area (Å²) >= 11 is 0. The van der Waals surface area contributed by atoms with Crippen LogP contribution in [0.15, 0.2) is 121 Å². The number of nitrogens with zero attached hydrogens (tertiary/aromatic N) is 5. The fraction of sp³-hybridized carbons (Fsp3) is 0.350. The van der Waals surface area contributed by atoms with Crippen LogP contribution >= 0.6 is 14.9 Å². The Morgan fingerprint density at radius 1 is 0.612 bits per heavy atom. The quantitative estimate of drug-likeness (QED) is 0.0821. The second-order valence-electron chi connectivity index (χ2n) is 12.8. The van der Waals surface area contributed by atoms with Gasteiger partial charge in [0.15, 0.2) is 5.82 Å². The first kappa shape index (κ1) is 38.2. The highest BCUT2D eigenvalue weighted by molar-refractivity contribution is 7.95. The molecular weight excluding hydrogens is 642 g/mol. The predicted molar refractivity (Wildman–Crippen MR) is 213 cm³/mol. The summed E-state index contributed by atoms with van der Waals surface area (Å²) in [5.74, 6) is 0.599. The van der Waals surface area contributed by atoms with E-state index in [1.165, 1.54) is 77.9 Å². The Hall–Kier alpha value is -3.60. The highest BCUT2D eigenvalue weighted by atomic mass is 31.2. The zero-order valence-corrected chi connectivity index (χ0v) is 31.8. The first-order valence-corrected chi connectivity index (χ1v) is 21.1. The van der Waals surface area contributed by atoms with Gasteiger partial charge in [-0.3, -0.25) is 4.57 Å². The monoisotopic (exact) mass is 697 g/mol. The number of unbranched alkanes of at least 4 members (excludes halogenated alkanes) is 7. The zero-order valence-electron chi connectivity index (χ0n) is 30.0. The van der Waals surface area contributed by atoms with E-state index in [4.69, 9.17) is 5.73 Å². The highest BCUT2D eigenvalue weighted by Gasteiger charge is 2.44. The summed E-state index contributed by atoms with van der Waals surface area (Å²) < 4.78 is 17.6. The van der Waals surface area contributed by atoms with Crippen molar-refractivity contribution in [2.45, 2.75) is 58.3 Å². The average Bonchev–Trinajstić information content (AvgIpc) is 3.54. The van der Waals surface area contributed by atoms with Gasteiger partial charge in [-0.2, -0.15) is 9.44 Å². The van der Waals surface area contributed by atoms with E-state index in [0.29, 0.717) is 5.82 Å². The minimum absolute atomic E-state index is 0.134. The Kier molecular flexibility index (Phi) is 14.8. The van der Waals surface area contributed by atoms with E-state index in [1.807, 2.05) is 30.3 Å². The molecular formula is C40H55N6OP2+. The minimum atomic E-state index is -3.07. The van der Waals surface area contributed by atoms with Crippen molar-refractivity contribution in [2.75, 3.05) is 40.1 Å². The molecule has 1 aromatic heterocycles. The number of hydrogen-bond donors (Lipinski definition) is 1. The molecule has 0 aliphatic carbocycles. The van der Waals surface area contributed by atoms with Gasteiger partial charge in [-0.25, -0.2) is 9.34 Å². The molecule has 0 aliphatic rings. The summed E-state index contributed by atoms with van der Waals surface area (Å²) in [5.41, 5.74) is 6.74. The third-order valence-corrected chi connectivity index (χ3v) is 16.3. The fourth-order valence-electron chi connectivity index (χ4n) is 6.28. The van der Waals surface area contributed by atoms with Crippen LogP contribution in [0.3, 0.4) is 0 Å². The largest absolute Gasteiger partial charge is 0.368 e. The van der Waals surface area contributed by atoms with Crippen molar-refractivity contribution in [1.82, 2.24) is 23.9 Å². The molecule has 7 nitrogen and oxygen atoms in total. The van der Waals surface area contributed by atoms with Crippen LogP contribution in [0.1, 0.15) is 58.3 Å². The van der Waals surface area contributed by atoms with Crippen LogP contribution in [0.5, 0.6) is 0 Å². The minimum Gasteiger partial charge on any atom is -0.368 e. The molecule has 0 spiro atoms. The molecule has 9 heteroatoms. The van der Waals surface area contributed by atoms with E-state index < -0.39 is 14.9 Å². The van der Waals surface area contributed by atoms with Gasteiger partial charge in [-0.15, -0.1) is 5.10 Å². The lowest BCUT2D eigenvalue weighted by atomic mass is 10.1. The van der Waals surface area contributed by atoms with Crippen molar-refractivity contribution in [3.8, 4) is 11.4 Å². The Labute approximate surface area is 295 Å². The summed E-state index contributed by atoms with van der Waals surface area (Å²) in [6.07, 6.45) is 12.2. The number of benzene rings is 4.